The van der Waals surface area contributed by atoms with Crippen molar-refractivity contribution in [3.05, 3.63) is 58.6 Å². The third-order valence-corrected chi connectivity index (χ3v) is 4.07. The molecular weight excluding hydrogens is 280 g/mol. The van der Waals surface area contributed by atoms with Gasteiger partial charge in [-0.2, -0.15) is 0 Å². The van der Waals surface area contributed by atoms with E-state index in [2.05, 4.69) is 49.2 Å². The maximum Gasteiger partial charge on any atom is 0.0459 e. The van der Waals surface area contributed by atoms with Crippen LogP contribution in [0, 0.1) is 0 Å². The van der Waals surface area contributed by atoms with Gasteiger partial charge in [0.1, 0.15) is 0 Å². The molecule has 0 aliphatic rings. The Morgan fingerprint density at radius 2 is 1.81 bits per heavy atom. The lowest BCUT2D eigenvalue weighted by molar-refractivity contribution is 0.737. The highest BCUT2D eigenvalue weighted by Gasteiger charge is 2.13. The Labute approximate surface area is 132 Å². The quantitative estimate of drug-likeness (QED) is 0.877. The summed E-state index contributed by atoms with van der Waals surface area (Å²) in [7, 11) is 2.07. The number of hydrogen-bond donors (Lipinski definition) is 1. The first-order valence-electron chi connectivity index (χ1n) is 7.38. The van der Waals surface area contributed by atoms with Crippen LogP contribution in [0.5, 0.6) is 0 Å². The van der Waals surface area contributed by atoms with Crippen molar-refractivity contribution in [1.82, 2.24) is 0 Å². The van der Waals surface area contributed by atoms with Crippen molar-refractivity contribution in [1.29, 1.82) is 0 Å². The SMILES string of the molecule is CCc1ccc(N(C)c2cccc(Cl)c2CC(C)N)cc1. The number of nitrogens with two attached hydrogens (primary N) is 1. The molecule has 0 aliphatic heterocycles. The van der Waals surface area contributed by atoms with Crippen LogP contribution in [-0.4, -0.2) is 13.1 Å². The van der Waals surface area contributed by atoms with Crippen LogP contribution in [0.25, 0.3) is 0 Å². The summed E-state index contributed by atoms with van der Waals surface area (Å²) in [6.07, 6.45) is 1.82. The van der Waals surface area contributed by atoms with E-state index >= 15 is 0 Å². The largest absolute Gasteiger partial charge is 0.344 e. The normalized spacial score (nSPS) is 12.2. The van der Waals surface area contributed by atoms with E-state index in [-0.39, 0.29) is 6.04 Å². The van der Waals surface area contributed by atoms with Crippen LogP contribution in [0.3, 0.4) is 0 Å². The molecule has 0 heterocycles. The van der Waals surface area contributed by atoms with Crippen LogP contribution >= 0.6 is 11.6 Å². The van der Waals surface area contributed by atoms with Crippen LogP contribution < -0.4 is 10.6 Å². The Hall–Kier alpha value is -1.51. The molecule has 21 heavy (non-hydrogen) atoms. The van der Waals surface area contributed by atoms with Crippen LogP contribution in [-0.2, 0) is 12.8 Å². The smallest absolute Gasteiger partial charge is 0.0459 e. The summed E-state index contributed by atoms with van der Waals surface area (Å²) < 4.78 is 0. The highest BCUT2D eigenvalue weighted by atomic mass is 35.5. The van der Waals surface area contributed by atoms with Gasteiger partial charge in [0.15, 0.2) is 0 Å². The molecule has 0 fully saturated rings. The predicted octanol–water partition coefficient (Wildman–Crippen LogP) is 4.56. The molecule has 0 amide bonds. The van der Waals surface area contributed by atoms with Crippen molar-refractivity contribution >= 4 is 23.0 Å². The summed E-state index contributed by atoms with van der Waals surface area (Å²) in [5.41, 5.74) is 10.7. The van der Waals surface area contributed by atoms with E-state index < -0.39 is 0 Å². The molecule has 2 aromatic rings. The molecule has 0 aromatic heterocycles. The summed E-state index contributed by atoms with van der Waals surface area (Å²) in [5, 5.41) is 0.779. The van der Waals surface area contributed by atoms with Crippen molar-refractivity contribution in [3.8, 4) is 0 Å². The molecule has 1 unspecified atom stereocenters. The third kappa shape index (κ3) is 3.78. The molecule has 2 aromatic carbocycles. The van der Waals surface area contributed by atoms with Crippen LogP contribution in [0.1, 0.15) is 25.0 Å². The number of aryl methyl sites for hydroxylation is 1. The molecular formula is C18H23ClN2. The molecule has 0 aliphatic carbocycles. The first-order chi connectivity index (χ1) is 10.0. The molecule has 2 nitrogen and oxygen atoms in total. The van der Waals surface area contributed by atoms with Gasteiger partial charge >= 0.3 is 0 Å². The minimum absolute atomic E-state index is 0.0829. The first-order valence-corrected chi connectivity index (χ1v) is 7.76. The fourth-order valence-corrected chi connectivity index (χ4v) is 2.73. The zero-order valence-electron chi connectivity index (χ0n) is 12.9. The zero-order valence-corrected chi connectivity index (χ0v) is 13.7. The Balaban J connectivity index is 2.37. The van der Waals surface area contributed by atoms with Crippen molar-refractivity contribution < 1.29 is 0 Å². The molecule has 2 rings (SSSR count). The predicted molar refractivity (Wildman–Crippen MR) is 92.7 cm³/mol. The standard InChI is InChI=1S/C18H23ClN2/c1-4-14-8-10-15(11-9-14)21(3)18-7-5-6-17(19)16(18)12-13(2)20/h5-11,13H,4,12,20H2,1-3H3. The van der Waals surface area contributed by atoms with Crippen molar-refractivity contribution in [2.45, 2.75) is 32.7 Å². The highest BCUT2D eigenvalue weighted by molar-refractivity contribution is 6.31. The monoisotopic (exact) mass is 302 g/mol. The molecule has 0 radical (unpaired) electrons. The summed E-state index contributed by atoms with van der Waals surface area (Å²) in [6, 6.07) is 14.7. The van der Waals surface area contributed by atoms with Crippen molar-refractivity contribution in [2.75, 3.05) is 11.9 Å². The number of rotatable bonds is 5. The average Bonchev–Trinajstić information content (AvgIpc) is 2.48. The second kappa shape index (κ2) is 6.97. The number of hydrogen-bond acceptors (Lipinski definition) is 2. The molecule has 0 bridgehead atoms. The molecule has 3 heteroatoms. The molecule has 2 N–H and O–H groups in total. The van der Waals surface area contributed by atoms with Gasteiger partial charge in [-0.1, -0.05) is 36.7 Å². The number of nitrogens with zero attached hydrogens (tertiary/aromatic N) is 1. The highest BCUT2D eigenvalue weighted by Crippen LogP contribution is 2.32. The Bertz CT molecular complexity index is 591. The van der Waals surface area contributed by atoms with E-state index in [1.165, 1.54) is 5.56 Å². The lowest BCUT2D eigenvalue weighted by Crippen LogP contribution is -2.20. The number of benzene rings is 2. The fourth-order valence-electron chi connectivity index (χ4n) is 2.48. The first kappa shape index (κ1) is 15.9. The van der Waals surface area contributed by atoms with Gasteiger partial charge in [0.25, 0.3) is 0 Å². The van der Waals surface area contributed by atoms with E-state index in [4.69, 9.17) is 17.3 Å². The third-order valence-electron chi connectivity index (χ3n) is 3.71. The molecule has 0 saturated carbocycles. The average molecular weight is 303 g/mol. The van der Waals surface area contributed by atoms with E-state index in [1.54, 1.807) is 0 Å². The maximum atomic E-state index is 6.37. The van der Waals surface area contributed by atoms with Gasteiger partial charge in [0.2, 0.25) is 0 Å². The topological polar surface area (TPSA) is 29.3 Å². The summed E-state index contributed by atoms with van der Waals surface area (Å²) in [4.78, 5) is 2.17. The van der Waals surface area contributed by atoms with Crippen LogP contribution in [0.2, 0.25) is 5.02 Å². The Morgan fingerprint density at radius 3 is 2.38 bits per heavy atom. The van der Waals surface area contributed by atoms with E-state index in [0.717, 1.165) is 34.8 Å². The minimum atomic E-state index is 0.0829. The molecule has 0 spiro atoms. The van der Waals surface area contributed by atoms with E-state index in [0.29, 0.717) is 0 Å². The zero-order chi connectivity index (χ0) is 15.4. The Kier molecular flexibility index (Phi) is 5.27. The second-order valence-electron chi connectivity index (χ2n) is 5.50. The molecule has 112 valence electrons. The summed E-state index contributed by atoms with van der Waals surface area (Å²) in [5.74, 6) is 0. The van der Waals surface area contributed by atoms with Gasteiger partial charge in [-0.3, -0.25) is 0 Å². The van der Waals surface area contributed by atoms with Gasteiger partial charge in [-0.15, -0.1) is 0 Å². The Morgan fingerprint density at radius 1 is 1.14 bits per heavy atom. The maximum absolute atomic E-state index is 6.37. The van der Waals surface area contributed by atoms with Gasteiger partial charge in [0, 0.05) is 29.5 Å². The number of anilines is 2. The molecule has 1 atom stereocenters. The van der Waals surface area contributed by atoms with E-state index in [1.807, 2.05) is 19.1 Å². The van der Waals surface area contributed by atoms with Gasteiger partial charge in [0.05, 0.1) is 0 Å². The lowest BCUT2D eigenvalue weighted by Gasteiger charge is -2.24. The second-order valence-corrected chi connectivity index (χ2v) is 5.91. The van der Waals surface area contributed by atoms with Gasteiger partial charge in [-0.25, -0.2) is 0 Å². The molecule has 0 saturated heterocycles. The minimum Gasteiger partial charge on any atom is -0.344 e. The van der Waals surface area contributed by atoms with Crippen molar-refractivity contribution in [2.24, 2.45) is 5.73 Å². The van der Waals surface area contributed by atoms with Gasteiger partial charge < -0.3 is 10.6 Å². The van der Waals surface area contributed by atoms with Crippen LogP contribution in [0.4, 0.5) is 11.4 Å². The lowest BCUT2D eigenvalue weighted by atomic mass is 10.0. The van der Waals surface area contributed by atoms with E-state index in [9.17, 15) is 0 Å². The summed E-state index contributed by atoms with van der Waals surface area (Å²) in [6.45, 7) is 4.17. The van der Waals surface area contributed by atoms with Crippen LogP contribution in [0.15, 0.2) is 42.5 Å². The fraction of sp³-hybridized carbons (Fsp3) is 0.333. The van der Waals surface area contributed by atoms with Gasteiger partial charge in [-0.05, 0) is 55.2 Å². The number of halogens is 1. The summed E-state index contributed by atoms with van der Waals surface area (Å²) >= 11 is 6.37. The van der Waals surface area contributed by atoms with Crippen molar-refractivity contribution in [3.63, 3.8) is 0 Å².